The lowest BCUT2D eigenvalue weighted by Crippen LogP contribution is -2.48. The predicted octanol–water partition coefficient (Wildman–Crippen LogP) is 6.62. The first-order valence-electron chi connectivity index (χ1n) is 12.8. The summed E-state index contributed by atoms with van der Waals surface area (Å²) in [5.41, 5.74) is -1.46. The molecule has 1 fully saturated rings. The van der Waals surface area contributed by atoms with E-state index in [9.17, 15) is 14.9 Å². The van der Waals surface area contributed by atoms with Crippen LogP contribution in [0.1, 0.15) is 53.5 Å². The average Bonchev–Trinajstić information content (AvgIpc) is 3.39. The average molecular weight is 552 g/mol. The van der Waals surface area contributed by atoms with Gasteiger partial charge >= 0.3 is 0 Å². The molecule has 7 nitrogen and oxygen atoms in total. The zero-order valence-electron chi connectivity index (χ0n) is 23.7. The molecule has 3 rings (SSSR count). The van der Waals surface area contributed by atoms with Crippen LogP contribution in [0.2, 0.25) is 0 Å². The zero-order chi connectivity index (χ0) is 28.9. The van der Waals surface area contributed by atoms with Gasteiger partial charge in [0.05, 0.1) is 43.4 Å². The molecule has 0 bridgehead atoms. The molecule has 1 saturated heterocycles. The summed E-state index contributed by atoms with van der Waals surface area (Å²) in [7, 11) is 1.58. The molecule has 0 N–H and O–H groups in total. The van der Waals surface area contributed by atoms with Gasteiger partial charge in [-0.1, -0.05) is 51.1 Å². The minimum atomic E-state index is -1.28. The van der Waals surface area contributed by atoms with Gasteiger partial charge < -0.3 is 18.4 Å². The summed E-state index contributed by atoms with van der Waals surface area (Å²) in [5.74, 6) is -0.487. The van der Waals surface area contributed by atoms with Crippen molar-refractivity contribution in [3.05, 3.63) is 65.1 Å². The van der Waals surface area contributed by atoms with Crippen LogP contribution in [0, 0.1) is 27.6 Å². The molecule has 1 aromatic rings. The van der Waals surface area contributed by atoms with E-state index in [4.69, 9.17) is 18.4 Å². The van der Waals surface area contributed by atoms with Crippen LogP contribution in [0.25, 0.3) is 6.08 Å². The SMILES string of the molecule is C/C=C/SOc1ccc(/C=C/C2(C(C)(C)C(=O)/C=C/[C@@]3(C)C=C(C#N)C(=O)C(C)(C)C3)OCCO2)cc1OC. The summed E-state index contributed by atoms with van der Waals surface area (Å²) in [4.78, 5) is 26.2. The molecule has 0 spiro atoms. The topological polar surface area (TPSA) is 94.9 Å². The molecular weight excluding hydrogens is 514 g/mol. The van der Waals surface area contributed by atoms with E-state index >= 15 is 0 Å². The molecule has 0 saturated carbocycles. The first-order valence-corrected chi connectivity index (χ1v) is 13.6. The lowest BCUT2D eigenvalue weighted by atomic mass is 9.65. The summed E-state index contributed by atoms with van der Waals surface area (Å²) in [6, 6.07) is 7.55. The third kappa shape index (κ3) is 6.55. The van der Waals surface area contributed by atoms with Gasteiger partial charge in [0, 0.05) is 16.2 Å². The maximum atomic E-state index is 13.6. The molecule has 1 heterocycles. The molecule has 2 aliphatic rings. The molecule has 208 valence electrons. The fraction of sp³-hybridized carbons (Fsp3) is 0.452. The fourth-order valence-electron chi connectivity index (χ4n) is 4.97. The molecule has 1 aliphatic heterocycles. The molecule has 1 aromatic carbocycles. The maximum absolute atomic E-state index is 13.6. The molecule has 0 aromatic heterocycles. The Morgan fingerprint density at radius 1 is 1.15 bits per heavy atom. The van der Waals surface area contributed by atoms with Gasteiger partial charge in [-0.05, 0) is 57.0 Å². The first-order chi connectivity index (χ1) is 18.3. The van der Waals surface area contributed by atoms with Crippen LogP contribution in [0.3, 0.4) is 0 Å². The Morgan fingerprint density at radius 2 is 1.85 bits per heavy atom. The van der Waals surface area contributed by atoms with Crippen molar-refractivity contribution < 1.29 is 28.0 Å². The van der Waals surface area contributed by atoms with E-state index in [-0.39, 0.29) is 17.1 Å². The van der Waals surface area contributed by atoms with Gasteiger partial charge in [0.1, 0.15) is 6.07 Å². The minimum absolute atomic E-state index is 0.124. The summed E-state index contributed by atoms with van der Waals surface area (Å²) >= 11 is 1.20. The second-order valence-electron chi connectivity index (χ2n) is 11.1. The zero-order valence-corrected chi connectivity index (χ0v) is 24.5. The Balaban J connectivity index is 1.87. The Labute approximate surface area is 235 Å². The minimum Gasteiger partial charge on any atom is -0.493 e. The van der Waals surface area contributed by atoms with E-state index in [0.717, 1.165) is 5.56 Å². The molecule has 1 atom stereocenters. The van der Waals surface area contributed by atoms with E-state index in [1.54, 1.807) is 39.2 Å². The second-order valence-corrected chi connectivity index (χ2v) is 11.8. The number of Topliss-reactive ketones (excluding diaryl/α,β-unsaturated/α-hetero) is 1. The van der Waals surface area contributed by atoms with Crippen LogP contribution in [0.4, 0.5) is 0 Å². The largest absolute Gasteiger partial charge is 0.493 e. The van der Waals surface area contributed by atoms with Crippen molar-refractivity contribution in [2.45, 2.75) is 53.8 Å². The summed E-state index contributed by atoms with van der Waals surface area (Å²) in [6.07, 6.45) is 10.9. The van der Waals surface area contributed by atoms with Crippen LogP contribution >= 0.6 is 12.0 Å². The number of rotatable bonds is 10. The van der Waals surface area contributed by atoms with E-state index in [1.807, 2.05) is 69.5 Å². The number of allylic oxidation sites excluding steroid dienone is 5. The third-order valence-corrected chi connectivity index (χ3v) is 7.77. The third-order valence-electron chi connectivity index (χ3n) is 7.11. The van der Waals surface area contributed by atoms with Crippen LogP contribution in [-0.2, 0) is 19.1 Å². The fourth-order valence-corrected chi connectivity index (χ4v) is 5.38. The number of hydrogen-bond acceptors (Lipinski definition) is 8. The van der Waals surface area contributed by atoms with Crippen LogP contribution < -0.4 is 8.92 Å². The molecular formula is C31H37NO6S. The lowest BCUT2D eigenvalue weighted by Gasteiger charge is -2.39. The van der Waals surface area contributed by atoms with Crippen molar-refractivity contribution in [3.63, 3.8) is 0 Å². The smallest absolute Gasteiger partial charge is 0.200 e. The standard InChI is InChI=1S/C31H37NO6S/c1-8-17-39-38-24-10-9-22(18-25(24)35-7)11-14-31(36-15-16-37-31)29(4,5)26(33)12-13-30(6)19-23(20-32)27(34)28(2,3)21-30/h8-14,17-19H,15-16,21H2,1-7H3/b13-12+,14-11+,17-8+/t30-/m0/s1. The predicted molar refractivity (Wildman–Crippen MR) is 153 cm³/mol. The molecule has 1 aliphatic carbocycles. The van der Waals surface area contributed by atoms with E-state index in [1.165, 1.54) is 18.1 Å². The highest BCUT2D eigenvalue weighted by Crippen LogP contribution is 2.45. The maximum Gasteiger partial charge on any atom is 0.200 e. The Bertz CT molecular complexity index is 1260. The molecule has 8 heteroatoms. The summed E-state index contributed by atoms with van der Waals surface area (Å²) < 4.78 is 23.3. The highest BCUT2D eigenvalue weighted by molar-refractivity contribution is 7.97. The van der Waals surface area contributed by atoms with Gasteiger partial charge in [0.15, 0.2) is 23.1 Å². The Hall–Kier alpha value is -3.12. The lowest BCUT2D eigenvalue weighted by molar-refractivity contribution is -0.191. The number of carbonyl (C=O) groups is 2. The van der Waals surface area contributed by atoms with Crippen LogP contribution in [0.15, 0.2) is 59.6 Å². The van der Waals surface area contributed by atoms with Gasteiger partial charge in [0.2, 0.25) is 5.79 Å². The number of nitriles is 1. The van der Waals surface area contributed by atoms with Gasteiger partial charge in [0.25, 0.3) is 0 Å². The number of nitrogens with zero attached hydrogens (tertiary/aromatic N) is 1. The highest BCUT2D eigenvalue weighted by Gasteiger charge is 2.52. The van der Waals surface area contributed by atoms with E-state index in [2.05, 4.69) is 0 Å². The van der Waals surface area contributed by atoms with E-state index < -0.39 is 22.0 Å². The quantitative estimate of drug-likeness (QED) is 0.237. The number of benzene rings is 1. The molecule has 39 heavy (non-hydrogen) atoms. The molecule has 0 amide bonds. The number of methoxy groups -OCH3 is 1. The van der Waals surface area contributed by atoms with Crippen molar-refractivity contribution in [2.75, 3.05) is 20.3 Å². The van der Waals surface area contributed by atoms with Crippen molar-refractivity contribution in [2.24, 2.45) is 16.2 Å². The van der Waals surface area contributed by atoms with Gasteiger partial charge in [-0.2, -0.15) is 5.26 Å². The highest BCUT2D eigenvalue weighted by atomic mass is 32.2. The van der Waals surface area contributed by atoms with Crippen molar-refractivity contribution >= 4 is 29.7 Å². The Kier molecular flexibility index (Phi) is 9.32. The number of hydrogen-bond donors (Lipinski definition) is 0. The van der Waals surface area contributed by atoms with Crippen molar-refractivity contribution in [3.8, 4) is 17.6 Å². The van der Waals surface area contributed by atoms with Crippen molar-refractivity contribution in [1.82, 2.24) is 0 Å². The monoisotopic (exact) mass is 551 g/mol. The first kappa shape index (κ1) is 30.4. The van der Waals surface area contributed by atoms with Gasteiger partial charge in [-0.3, -0.25) is 9.59 Å². The Morgan fingerprint density at radius 3 is 2.46 bits per heavy atom. The number of carbonyl (C=O) groups excluding carboxylic acids is 2. The normalized spacial score (nSPS) is 22.8. The van der Waals surface area contributed by atoms with Gasteiger partial charge in [-0.25, -0.2) is 0 Å². The second kappa shape index (κ2) is 12.0. The van der Waals surface area contributed by atoms with E-state index in [0.29, 0.717) is 31.1 Å². The molecule has 0 unspecified atom stereocenters. The number of ketones is 2. The van der Waals surface area contributed by atoms with Crippen molar-refractivity contribution in [1.29, 1.82) is 5.26 Å². The summed E-state index contributed by atoms with van der Waals surface area (Å²) in [6.45, 7) is 11.8. The van der Waals surface area contributed by atoms with Crippen LogP contribution in [-0.4, -0.2) is 37.7 Å². The van der Waals surface area contributed by atoms with Crippen LogP contribution in [0.5, 0.6) is 11.5 Å². The summed E-state index contributed by atoms with van der Waals surface area (Å²) in [5, 5.41) is 11.3. The molecule has 0 radical (unpaired) electrons. The number of ether oxygens (including phenoxy) is 3. The van der Waals surface area contributed by atoms with Gasteiger partial charge in [-0.15, -0.1) is 0 Å².